The molecular weight excluding hydrogens is 215 g/mol. The van der Waals surface area contributed by atoms with E-state index in [1.54, 1.807) is 12.3 Å². The van der Waals surface area contributed by atoms with E-state index in [9.17, 15) is 4.39 Å². The van der Waals surface area contributed by atoms with Crippen molar-refractivity contribution >= 4 is 12.4 Å². The van der Waals surface area contributed by atoms with E-state index in [2.05, 4.69) is 31.1 Å². The van der Waals surface area contributed by atoms with Crippen molar-refractivity contribution in [2.75, 3.05) is 6.54 Å². The average molecular weight is 233 g/mol. The van der Waals surface area contributed by atoms with Gasteiger partial charge in [0, 0.05) is 24.8 Å². The summed E-state index contributed by atoms with van der Waals surface area (Å²) in [6, 6.07) is 1.70. The Morgan fingerprint density at radius 2 is 2.07 bits per heavy atom. The molecule has 0 fully saturated rings. The highest BCUT2D eigenvalue weighted by molar-refractivity contribution is 5.85. The van der Waals surface area contributed by atoms with Gasteiger partial charge in [0.25, 0.3) is 0 Å². The lowest BCUT2D eigenvalue weighted by Gasteiger charge is -2.18. The number of rotatable bonds is 3. The van der Waals surface area contributed by atoms with Crippen LogP contribution < -0.4 is 5.32 Å². The molecule has 86 valence electrons. The molecule has 1 aromatic rings. The van der Waals surface area contributed by atoms with Gasteiger partial charge in [-0.15, -0.1) is 12.4 Å². The zero-order chi connectivity index (χ0) is 10.6. The predicted octanol–water partition coefficient (Wildman–Crippen LogP) is 2.78. The molecule has 0 spiro atoms. The van der Waals surface area contributed by atoms with E-state index >= 15 is 0 Å². The second kappa shape index (κ2) is 6.03. The Labute approximate surface area is 96.7 Å². The number of hydrogen-bond acceptors (Lipinski definition) is 2. The summed E-state index contributed by atoms with van der Waals surface area (Å²) in [6.07, 6.45) is 2.85. The van der Waals surface area contributed by atoms with Crippen LogP contribution in [0, 0.1) is 11.2 Å². The molecular formula is C11H18ClFN2. The van der Waals surface area contributed by atoms with Gasteiger partial charge in [0.2, 0.25) is 0 Å². The third-order valence-corrected chi connectivity index (χ3v) is 1.83. The molecule has 0 atom stereocenters. The molecule has 0 bridgehead atoms. The maximum absolute atomic E-state index is 13.1. The Balaban J connectivity index is 0.00000196. The summed E-state index contributed by atoms with van der Waals surface area (Å²) in [5, 5.41) is 3.21. The third kappa shape index (κ3) is 5.70. The molecule has 0 radical (unpaired) electrons. The highest BCUT2D eigenvalue weighted by atomic mass is 35.5. The maximum atomic E-state index is 13.1. The molecule has 0 aliphatic carbocycles. The first-order chi connectivity index (χ1) is 6.49. The lowest BCUT2D eigenvalue weighted by atomic mass is 9.97. The van der Waals surface area contributed by atoms with E-state index in [0.717, 1.165) is 6.54 Å². The van der Waals surface area contributed by atoms with Crippen LogP contribution in [0.3, 0.4) is 0 Å². The number of halogens is 2. The Kier molecular flexibility index (Phi) is 5.76. The van der Waals surface area contributed by atoms with Gasteiger partial charge in [-0.05, 0) is 11.5 Å². The Morgan fingerprint density at radius 3 is 2.60 bits per heavy atom. The highest BCUT2D eigenvalue weighted by Crippen LogP contribution is 2.11. The van der Waals surface area contributed by atoms with E-state index in [4.69, 9.17) is 0 Å². The summed E-state index contributed by atoms with van der Waals surface area (Å²) in [7, 11) is 0. The minimum absolute atomic E-state index is 0. The summed E-state index contributed by atoms with van der Waals surface area (Å²) >= 11 is 0. The van der Waals surface area contributed by atoms with Crippen LogP contribution >= 0.6 is 12.4 Å². The smallest absolute Gasteiger partial charge is 0.145 e. The van der Waals surface area contributed by atoms with Crippen LogP contribution in [-0.2, 0) is 6.54 Å². The van der Waals surface area contributed by atoms with Crippen LogP contribution in [-0.4, -0.2) is 11.5 Å². The van der Waals surface area contributed by atoms with Crippen LogP contribution in [0.2, 0.25) is 0 Å². The molecule has 0 saturated heterocycles. The minimum Gasteiger partial charge on any atom is -0.312 e. The van der Waals surface area contributed by atoms with Crippen molar-refractivity contribution < 1.29 is 4.39 Å². The van der Waals surface area contributed by atoms with E-state index < -0.39 is 0 Å². The molecule has 1 heterocycles. The van der Waals surface area contributed by atoms with Crippen LogP contribution in [0.4, 0.5) is 4.39 Å². The molecule has 0 unspecified atom stereocenters. The van der Waals surface area contributed by atoms with Crippen molar-refractivity contribution in [3.8, 4) is 0 Å². The third-order valence-electron chi connectivity index (χ3n) is 1.83. The summed E-state index contributed by atoms with van der Waals surface area (Å²) < 4.78 is 13.1. The fraction of sp³-hybridized carbons (Fsp3) is 0.545. The van der Waals surface area contributed by atoms with Gasteiger partial charge in [-0.25, -0.2) is 4.39 Å². The Hall–Kier alpha value is -0.670. The maximum Gasteiger partial charge on any atom is 0.145 e. The summed E-state index contributed by atoms with van der Waals surface area (Å²) in [5.74, 6) is -0.242. The molecule has 1 aromatic heterocycles. The van der Waals surface area contributed by atoms with E-state index in [0.29, 0.717) is 12.1 Å². The van der Waals surface area contributed by atoms with Gasteiger partial charge in [-0.3, -0.25) is 4.98 Å². The molecule has 0 aliphatic heterocycles. The average Bonchev–Trinajstić information content (AvgIpc) is 2.06. The molecule has 15 heavy (non-hydrogen) atoms. The largest absolute Gasteiger partial charge is 0.312 e. The summed E-state index contributed by atoms with van der Waals surface area (Å²) in [5.41, 5.74) is 0.896. The molecule has 1 rings (SSSR count). The number of hydrogen-bond donors (Lipinski definition) is 1. The van der Waals surface area contributed by atoms with Gasteiger partial charge in [0.1, 0.15) is 5.82 Å². The second-order valence-electron chi connectivity index (χ2n) is 4.63. The van der Waals surface area contributed by atoms with Crippen molar-refractivity contribution in [1.82, 2.24) is 10.3 Å². The first-order valence-electron chi connectivity index (χ1n) is 4.78. The number of nitrogens with zero attached hydrogens (tertiary/aromatic N) is 1. The monoisotopic (exact) mass is 232 g/mol. The van der Waals surface area contributed by atoms with Gasteiger partial charge >= 0.3 is 0 Å². The number of nitrogens with one attached hydrogen (secondary N) is 1. The van der Waals surface area contributed by atoms with Crippen molar-refractivity contribution in [1.29, 1.82) is 0 Å². The van der Waals surface area contributed by atoms with Crippen LogP contribution in [0.1, 0.15) is 26.3 Å². The standard InChI is InChI=1S/C11H17FN2.ClH/c1-11(2,3)8-14-6-9-4-5-13-7-10(9)12;/h4-5,7,14H,6,8H2,1-3H3;1H. The van der Waals surface area contributed by atoms with Gasteiger partial charge < -0.3 is 5.32 Å². The van der Waals surface area contributed by atoms with Crippen molar-refractivity contribution in [2.24, 2.45) is 5.41 Å². The van der Waals surface area contributed by atoms with Gasteiger partial charge in [-0.1, -0.05) is 20.8 Å². The molecule has 0 aliphatic rings. The van der Waals surface area contributed by atoms with E-state index in [1.807, 2.05) is 0 Å². The van der Waals surface area contributed by atoms with Crippen LogP contribution in [0.5, 0.6) is 0 Å². The molecule has 0 amide bonds. The Bertz CT molecular complexity index is 297. The summed E-state index contributed by atoms with van der Waals surface area (Å²) in [4.78, 5) is 3.70. The quantitative estimate of drug-likeness (QED) is 0.867. The first kappa shape index (κ1) is 14.3. The predicted molar refractivity (Wildman–Crippen MR) is 62.6 cm³/mol. The normalized spacial score (nSPS) is 10.9. The zero-order valence-corrected chi connectivity index (χ0v) is 10.2. The fourth-order valence-corrected chi connectivity index (χ4v) is 1.12. The fourth-order valence-electron chi connectivity index (χ4n) is 1.12. The molecule has 4 heteroatoms. The minimum atomic E-state index is -0.242. The topological polar surface area (TPSA) is 24.9 Å². The highest BCUT2D eigenvalue weighted by Gasteiger charge is 2.09. The van der Waals surface area contributed by atoms with Gasteiger partial charge in [0.05, 0.1) is 6.20 Å². The zero-order valence-electron chi connectivity index (χ0n) is 9.38. The van der Waals surface area contributed by atoms with E-state index in [-0.39, 0.29) is 23.6 Å². The van der Waals surface area contributed by atoms with Crippen LogP contribution in [0.15, 0.2) is 18.5 Å². The van der Waals surface area contributed by atoms with Crippen molar-refractivity contribution in [3.63, 3.8) is 0 Å². The van der Waals surface area contributed by atoms with Crippen molar-refractivity contribution in [2.45, 2.75) is 27.3 Å². The molecule has 0 saturated carbocycles. The number of pyridine rings is 1. The lowest BCUT2D eigenvalue weighted by molar-refractivity contribution is 0.377. The number of aromatic nitrogens is 1. The van der Waals surface area contributed by atoms with E-state index in [1.165, 1.54) is 6.20 Å². The van der Waals surface area contributed by atoms with Gasteiger partial charge in [0.15, 0.2) is 0 Å². The first-order valence-corrected chi connectivity index (χ1v) is 4.78. The Morgan fingerprint density at radius 1 is 1.40 bits per heavy atom. The summed E-state index contributed by atoms with van der Waals surface area (Å²) in [6.45, 7) is 7.86. The molecule has 0 aromatic carbocycles. The van der Waals surface area contributed by atoms with Gasteiger partial charge in [-0.2, -0.15) is 0 Å². The SMILES string of the molecule is CC(C)(C)CNCc1ccncc1F.Cl. The van der Waals surface area contributed by atoms with Crippen molar-refractivity contribution in [3.05, 3.63) is 29.8 Å². The second-order valence-corrected chi connectivity index (χ2v) is 4.63. The lowest BCUT2D eigenvalue weighted by Crippen LogP contribution is -2.26. The molecule has 1 N–H and O–H groups in total. The van der Waals surface area contributed by atoms with Crippen LogP contribution in [0.25, 0.3) is 0 Å². The molecule has 2 nitrogen and oxygen atoms in total.